The van der Waals surface area contributed by atoms with Gasteiger partial charge in [-0.15, -0.1) is 0 Å². The number of ketones is 1. The number of anilines is 1. The standard InChI is InChI=1S/C15H13ClN2O4S/c16-12-3-1-2-4-14(12)23(21,22)9-13(19)10-5-7-11(8-6-10)18-15(17)20/h1-8H,9H2,(H3,17,18,20). The molecule has 0 saturated carbocycles. The number of carbonyl (C=O) groups excluding carboxylic acids is 2. The number of halogens is 1. The number of benzene rings is 2. The maximum Gasteiger partial charge on any atom is 0.316 e. The highest BCUT2D eigenvalue weighted by molar-refractivity contribution is 7.92. The molecule has 0 heterocycles. The minimum Gasteiger partial charge on any atom is -0.351 e. The number of Topliss-reactive ketones (excluding diaryl/α,β-unsaturated/α-hetero) is 1. The number of carbonyl (C=O) groups is 2. The van der Waals surface area contributed by atoms with Gasteiger partial charge in [0.2, 0.25) is 0 Å². The summed E-state index contributed by atoms with van der Waals surface area (Å²) in [6, 6.07) is 11.0. The molecule has 0 fully saturated rings. The molecule has 0 saturated heterocycles. The molecule has 8 heteroatoms. The van der Waals surface area contributed by atoms with Gasteiger partial charge >= 0.3 is 6.03 Å². The van der Waals surface area contributed by atoms with Crippen molar-refractivity contribution in [2.45, 2.75) is 4.90 Å². The SMILES string of the molecule is NC(=O)Nc1ccc(C(=O)CS(=O)(=O)c2ccccc2Cl)cc1. The number of hydrogen-bond donors (Lipinski definition) is 2. The molecule has 2 rings (SSSR count). The molecule has 0 unspecified atom stereocenters. The Kier molecular flexibility index (Phi) is 5.02. The molecule has 0 atom stereocenters. The predicted molar refractivity (Wildman–Crippen MR) is 87.5 cm³/mol. The summed E-state index contributed by atoms with van der Waals surface area (Å²) in [6.07, 6.45) is 0. The van der Waals surface area contributed by atoms with Crippen LogP contribution in [0.5, 0.6) is 0 Å². The van der Waals surface area contributed by atoms with Crippen molar-refractivity contribution in [3.63, 3.8) is 0 Å². The monoisotopic (exact) mass is 352 g/mol. The van der Waals surface area contributed by atoms with E-state index in [4.69, 9.17) is 17.3 Å². The van der Waals surface area contributed by atoms with Gasteiger partial charge in [0.25, 0.3) is 0 Å². The van der Waals surface area contributed by atoms with Gasteiger partial charge in [0.15, 0.2) is 15.6 Å². The normalized spacial score (nSPS) is 11.0. The van der Waals surface area contributed by atoms with Gasteiger partial charge < -0.3 is 11.1 Å². The van der Waals surface area contributed by atoms with Crippen molar-refractivity contribution in [2.24, 2.45) is 5.73 Å². The average molecular weight is 353 g/mol. The van der Waals surface area contributed by atoms with E-state index in [9.17, 15) is 18.0 Å². The van der Waals surface area contributed by atoms with Crippen LogP contribution in [0.25, 0.3) is 0 Å². The summed E-state index contributed by atoms with van der Waals surface area (Å²) < 4.78 is 24.5. The van der Waals surface area contributed by atoms with Gasteiger partial charge in [0, 0.05) is 11.3 Å². The highest BCUT2D eigenvalue weighted by atomic mass is 35.5. The lowest BCUT2D eigenvalue weighted by Crippen LogP contribution is -2.19. The number of nitrogens with one attached hydrogen (secondary N) is 1. The second-order valence-corrected chi connectivity index (χ2v) is 7.04. The minimum atomic E-state index is -3.84. The Bertz CT molecular complexity index is 848. The third kappa shape index (κ3) is 4.30. The summed E-state index contributed by atoms with van der Waals surface area (Å²) in [7, 11) is -3.84. The van der Waals surface area contributed by atoms with E-state index in [1.165, 1.54) is 42.5 Å². The molecule has 0 aliphatic rings. The van der Waals surface area contributed by atoms with Crippen LogP contribution in [-0.4, -0.2) is 26.0 Å². The number of primary amides is 1. The first-order valence-electron chi connectivity index (χ1n) is 6.46. The zero-order chi connectivity index (χ0) is 17.0. The zero-order valence-electron chi connectivity index (χ0n) is 11.8. The summed E-state index contributed by atoms with van der Waals surface area (Å²) >= 11 is 5.86. The first-order chi connectivity index (χ1) is 10.8. The molecule has 0 bridgehead atoms. The van der Waals surface area contributed by atoms with Crippen LogP contribution in [0.2, 0.25) is 5.02 Å². The molecule has 0 spiro atoms. The molecule has 6 nitrogen and oxygen atoms in total. The molecular weight excluding hydrogens is 340 g/mol. The Hall–Kier alpha value is -2.38. The molecule has 0 aromatic heterocycles. The maximum absolute atomic E-state index is 12.3. The highest BCUT2D eigenvalue weighted by Gasteiger charge is 2.22. The lowest BCUT2D eigenvalue weighted by molar-refractivity contribution is 0.102. The van der Waals surface area contributed by atoms with Crippen LogP contribution in [0.15, 0.2) is 53.4 Å². The van der Waals surface area contributed by atoms with Crippen molar-refractivity contribution in [3.8, 4) is 0 Å². The third-order valence-corrected chi connectivity index (χ3v) is 5.08. The van der Waals surface area contributed by atoms with Gasteiger partial charge in [-0.1, -0.05) is 23.7 Å². The summed E-state index contributed by atoms with van der Waals surface area (Å²) in [5.41, 5.74) is 5.59. The van der Waals surface area contributed by atoms with Gasteiger partial charge in [0.05, 0.1) is 9.92 Å². The Labute approximate surface area is 138 Å². The van der Waals surface area contributed by atoms with Crippen molar-refractivity contribution in [2.75, 3.05) is 11.1 Å². The molecule has 120 valence electrons. The number of urea groups is 1. The summed E-state index contributed by atoms with van der Waals surface area (Å²) in [6.45, 7) is 0. The number of rotatable bonds is 5. The number of sulfone groups is 1. The second-order valence-electron chi connectivity index (χ2n) is 4.68. The molecule has 3 N–H and O–H groups in total. The van der Waals surface area contributed by atoms with Crippen LogP contribution in [0, 0.1) is 0 Å². The van der Waals surface area contributed by atoms with E-state index >= 15 is 0 Å². The topological polar surface area (TPSA) is 106 Å². The van der Waals surface area contributed by atoms with Gasteiger partial charge in [-0.05, 0) is 36.4 Å². The van der Waals surface area contributed by atoms with Crippen molar-refractivity contribution in [3.05, 3.63) is 59.1 Å². The van der Waals surface area contributed by atoms with Crippen molar-refractivity contribution in [1.29, 1.82) is 0 Å². The highest BCUT2D eigenvalue weighted by Crippen LogP contribution is 2.22. The van der Waals surface area contributed by atoms with Gasteiger partial charge in [-0.25, -0.2) is 13.2 Å². The average Bonchev–Trinajstić information content (AvgIpc) is 2.47. The molecule has 0 radical (unpaired) electrons. The molecule has 2 amide bonds. The Balaban J connectivity index is 2.18. The fourth-order valence-corrected chi connectivity index (χ4v) is 3.72. The summed E-state index contributed by atoms with van der Waals surface area (Å²) in [5, 5.41) is 2.41. The van der Waals surface area contributed by atoms with Crippen LogP contribution in [0.1, 0.15) is 10.4 Å². The van der Waals surface area contributed by atoms with Crippen LogP contribution in [0.3, 0.4) is 0 Å². The minimum absolute atomic E-state index is 0.0707. The van der Waals surface area contributed by atoms with E-state index < -0.39 is 27.4 Å². The third-order valence-electron chi connectivity index (χ3n) is 2.97. The van der Waals surface area contributed by atoms with Crippen molar-refractivity contribution < 1.29 is 18.0 Å². The van der Waals surface area contributed by atoms with E-state index in [0.29, 0.717) is 5.69 Å². The fourth-order valence-electron chi connectivity index (χ4n) is 1.91. The molecule has 2 aromatic rings. The Morgan fingerprint density at radius 2 is 1.65 bits per heavy atom. The van der Waals surface area contributed by atoms with Gasteiger partial charge in [0.1, 0.15) is 5.75 Å². The lowest BCUT2D eigenvalue weighted by Gasteiger charge is -2.07. The Morgan fingerprint density at radius 1 is 1.04 bits per heavy atom. The van der Waals surface area contributed by atoms with Crippen molar-refractivity contribution in [1.82, 2.24) is 0 Å². The lowest BCUT2D eigenvalue weighted by atomic mass is 10.1. The number of amides is 2. The molecule has 0 aliphatic carbocycles. The molecule has 0 aliphatic heterocycles. The van der Waals surface area contributed by atoms with E-state index in [-0.39, 0.29) is 15.5 Å². The maximum atomic E-state index is 12.3. The molecule has 2 aromatic carbocycles. The van der Waals surface area contributed by atoms with E-state index in [1.54, 1.807) is 6.07 Å². The smallest absolute Gasteiger partial charge is 0.316 e. The Morgan fingerprint density at radius 3 is 2.22 bits per heavy atom. The van der Waals surface area contributed by atoms with Crippen LogP contribution in [0.4, 0.5) is 10.5 Å². The largest absolute Gasteiger partial charge is 0.351 e. The fraction of sp³-hybridized carbons (Fsp3) is 0.0667. The number of hydrogen-bond acceptors (Lipinski definition) is 4. The van der Waals surface area contributed by atoms with Crippen LogP contribution >= 0.6 is 11.6 Å². The van der Waals surface area contributed by atoms with Crippen molar-refractivity contribution >= 4 is 38.9 Å². The van der Waals surface area contributed by atoms with Crippen LogP contribution < -0.4 is 11.1 Å². The summed E-state index contributed by atoms with van der Waals surface area (Å²) in [5.74, 6) is -1.27. The van der Waals surface area contributed by atoms with Crippen LogP contribution in [-0.2, 0) is 9.84 Å². The van der Waals surface area contributed by atoms with Gasteiger partial charge in [-0.3, -0.25) is 4.79 Å². The first kappa shape index (κ1) is 17.0. The zero-order valence-corrected chi connectivity index (χ0v) is 13.4. The van der Waals surface area contributed by atoms with E-state index in [2.05, 4.69) is 5.32 Å². The second kappa shape index (κ2) is 6.80. The quantitative estimate of drug-likeness (QED) is 0.806. The summed E-state index contributed by atoms with van der Waals surface area (Å²) in [4.78, 5) is 22.8. The van der Waals surface area contributed by atoms with E-state index in [0.717, 1.165) is 0 Å². The molecular formula is C15H13ClN2O4S. The number of nitrogens with two attached hydrogens (primary N) is 1. The first-order valence-corrected chi connectivity index (χ1v) is 8.49. The van der Waals surface area contributed by atoms with Gasteiger partial charge in [-0.2, -0.15) is 0 Å². The molecule has 23 heavy (non-hydrogen) atoms. The predicted octanol–water partition coefficient (Wildman–Crippen LogP) is 2.49. The van der Waals surface area contributed by atoms with E-state index in [1.807, 2.05) is 0 Å².